The molecule has 1 aliphatic heterocycles. The highest BCUT2D eigenvalue weighted by Crippen LogP contribution is 2.35. The molecule has 1 saturated heterocycles. The zero-order chi connectivity index (χ0) is 15.7. The van der Waals surface area contributed by atoms with E-state index in [1.54, 1.807) is 31.2 Å². The second-order valence-electron chi connectivity index (χ2n) is 5.03. The van der Waals surface area contributed by atoms with Crippen LogP contribution in [0, 0.1) is 0 Å². The van der Waals surface area contributed by atoms with Crippen LogP contribution in [0.2, 0.25) is 5.02 Å². The summed E-state index contributed by atoms with van der Waals surface area (Å²) in [6.45, 7) is 1.68. The standard InChI is InChI=1S/C16H13ClN2O2S/c1-16(11-6-5-7-12(17)10-11)14(20)19(15(22)21-16)18-13-8-3-2-4-9-13/h2-10,18H,1H3. The van der Waals surface area contributed by atoms with Gasteiger partial charge in [0.25, 0.3) is 11.1 Å². The van der Waals surface area contributed by atoms with Crippen molar-refractivity contribution in [2.75, 3.05) is 5.43 Å². The number of nitrogens with one attached hydrogen (secondary N) is 1. The fourth-order valence-electron chi connectivity index (χ4n) is 2.27. The molecule has 1 fully saturated rings. The Morgan fingerprint density at radius 1 is 1.18 bits per heavy atom. The zero-order valence-electron chi connectivity index (χ0n) is 11.7. The lowest BCUT2D eigenvalue weighted by Crippen LogP contribution is -2.39. The maximum atomic E-state index is 12.8. The average Bonchev–Trinajstić information content (AvgIpc) is 2.73. The first-order valence-electron chi connectivity index (χ1n) is 6.66. The van der Waals surface area contributed by atoms with Crippen LogP contribution in [0.25, 0.3) is 0 Å². The van der Waals surface area contributed by atoms with Crippen molar-refractivity contribution in [3.05, 3.63) is 65.2 Å². The van der Waals surface area contributed by atoms with Crippen LogP contribution in [0.5, 0.6) is 0 Å². The van der Waals surface area contributed by atoms with Crippen molar-refractivity contribution < 1.29 is 9.53 Å². The summed E-state index contributed by atoms with van der Waals surface area (Å²) in [5.74, 6) is -0.288. The van der Waals surface area contributed by atoms with Crippen LogP contribution >= 0.6 is 23.8 Å². The molecule has 1 aliphatic rings. The number of nitrogens with zero attached hydrogens (tertiary/aromatic N) is 1. The highest BCUT2D eigenvalue weighted by atomic mass is 35.5. The summed E-state index contributed by atoms with van der Waals surface area (Å²) in [5, 5.41) is 1.86. The number of hydrazine groups is 1. The van der Waals surface area contributed by atoms with Crippen LogP contribution in [0.15, 0.2) is 54.6 Å². The van der Waals surface area contributed by atoms with Crippen LogP contribution in [0.3, 0.4) is 0 Å². The third kappa shape index (κ3) is 2.53. The van der Waals surface area contributed by atoms with Gasteiger partial charge in [0.15, 0.2) is 0 Å². The van der Waals surface area contributed by atoms with Crippen molar-refractivity contribution in [3.8, 4) is 0 Å². The van der Waals surface area contributed by atoms with Gasteiger partial charge in [-0.25, -0.2) is 0 Å². The van der Waals surface area contributed by atoms with E-state index < -0.39 is 5.60 Å². The van der Waals surface area contributed by atoms with Gasteiger partial charge in [0, 0.05) is 10.6 Å². The number of benzene rings is 2. The molecule has 6 heteroatoms. The number of para-hydroxylation sites is 1. The fraction of sp³-hybridized carbons (Fsp3) is 0.125. The molecule has 112 valence electrons. The van der Waals surface area contributed by atoms with Gasteiger partial charge in [0.1, 0.15) is 0 Å². The molecule has 0 aromatic heterocycles. The molecule has 1 atom stereocenters. The third-order valence-electron chi connectivity index (χ3n) is 3.48. The molecule has 1 heterocycles. The summed E-state index contributed by atoms with van der Waals surface area (Å²) >= 11 is 11.2. The minimum absolute atomic E-state index is 0.0799. The normalized spacial score (nSPS) is 20.9. The molecular weight excluding hydrogens is 320 g/mol. The second kappa shape index (κ2) is 5.59. The van der Waals surface area contributed by atoms with Crippen molar-refractivity contribution in [2.24, 2.45) is 0 Å². The van der Waals surface area contributed by atoms with Crippen LogP contribution in [-0.4, -0.2) is 16.1 Å². The van der Waals surface area contributed by atoms with Crippen molar-refractivity contribution in [3.63, 3.8) is 0 Å². The first kappa shape index (κ1) is 14.8. The molecule has 1 unspecified atom stereocenters. The topological polar surface area (TPSA) is 41.6 Å². The number of amides is 1. The minimum atomic E-state index is -1.19. The largest absolute Gasteiger partial charge is 0.448 e. The molecule has 2 aromatic carbocycles. The van der Waals surface area contributed by atoms with Gasteiger partial charge in [-0.05, 0) is 43.4 Å². The first-order valence-corrected chi connectivity index (χ1v) is 7.44. The lowest BCUT2D eigenvalue weighted by molar-refractivity contribution is -0.135. The quantitative estimate of drug-likeness (QED) is 0.870. The second-order valence-corrected chi connectivity index (χ2v) is 5.82. The maximum absolute atomic E-state index is 12.8. The summed E-state index contributed by atoms with van der Waals surface area (Å²) in [4.78, 5) is 12.8. The number of ether oxygens (including phenoxy) is 1. The van der Waals surface area contributed by atoms with Gasteiger partial charge in [-0.15, -0.1) is 0 Å². The molecule has 2 aromatic rings. The predicted octanol–water partition coefficient (Wildman–Crippen LogP) is 3.73. The zero-order valence-corrected chi connectivity index (χ0v) is 13.3. The number of thiocarbonyl (C=S) groups is 1. The SMILES string of the molecule is CC1(c2cccc(Cl)c2)OC(=S)N(Nc2ccccc2)C1=O. The van der Waals surface area contributed by atoms with Gasteiger partial charge >= 0.3 is 0 Å². The Balaban J connectivity index is 1.91. The molecule has 4 nitrogen and oxygen atoms in total. The number of rotatable bonds is 3. The van der Waals surface area contributed by atoms with Gasteiger partial charge in [-0.1, -0.05) is 41.9 Å². The van der Waals surface area contributed by atoms with E-state index in [4.69, 9.17) is 28.6 Å². The smallest absolute Gasteiger partial charge is 0.297 e. The Morgan fingerprint density at radius 3 is 2.59 bits per heavy atom. The summed E-state index contributed by atoms with van der Waals surface area (Å²) < 4.78 is 5.67. The van der Waals surface area contributed by atoms with E-state index in [9.17, 15) is 4.79 Å². The van der Waals surface area contributed by atoms with Crippen LogP contribution < -0.4 is 5.43 Å². The number of carbonyl (C=O) groups excluding carboxylic acids is 1. The molecule has 0 saturated carbocycles. The number of hydrogen-bond donors (Lipinski definition) is 1. The predicted molar refractivity (Wildman–Crippen MR) is 89.4 cm³/mol. The number of carbonyl (C=O) groups is 1. The Labute approximate surface area is 138 Å². The van der Waals surface area contributed by atoms with Crippen LogP contribution in [0.1, 0.15) is 12.5 Å². The highest BCUT2D eigenvalue weighted by Gasteiger charge is 2.50. The Hall–Kier alpha value is -2.11. The summed E-state index contributed by atoms with van der Waals surface area (Å²) in [6, 6.07) is 16.3. The Bertz CT molecular complexity index is 738. The first-order chi connectivity index (χ1) is 10.5. The Morgan fingerprint density at radius 2 is 1.91 bits per heavy atom. The van der Waals surface area contributed by atoms with E-state index in [-0.39, 0.29) is 11.1 Å². The van der Waals surface area contributed by atoms with Crippen molar-refractivity contribution in [2.45, 2.75) is 12.5 Å². The van der Waals surface area contributed by atoms with Crippen molar-refractivity contribution in [1.29, 1.82) is 0 Å². The third-order valence-corrected chi connectivity index (χ3v) is 3.98. The van der Waals surface area contributed by atoms with Crippen molar-refractivity contribution >= 4 is 40.6 Å². The average molecular weight is 333 g/mol. The highest BCUT2D eigenvalue weighted by molar-refractivity contribution is 7.80. The summed E-state index contributed by atoms with van der Waals surface area (Å²) in [5.41, 5.74) is 3.18. The van der Waals surface area contributed by atoms with Gasteiger partial charge in [-0.3, -0.25) is 10.2 Å². The van der Waals surface area contributed by atoms with E-state index in [0.29, 0.717) is 10.6 Å². The van der Waals surface area contributed by atoms with Gasteiger partial charge < -0.3 is 4.74 Å². The molecule has 1 N–H and O–H groups in total. The van der Waals surface area contributed by atoms with Gasteiger partial charge in [-0.2, -0.15) is 5.01 Å². The molecule has 1 amide bonds. The fourth-order valence-corrected chi connectivity index (χ4v) is 2.75. The van der Waals surface area contributed by atoms with Crippen molar-refractivity contribution in [1.82, 2.24) is 5.01 Å². The molecule has 0 radical (unpaired) electrons. The molecule has 22 heavy (non-hydrogen) atoms. The van der Waals surface area contributed by atoms with Crippen LogP contribution in [0.4, 0.5) is 5.69 Å². The molecule has 3 rings (SSSR count). The van der Waals surface area contributed by atoms with E-state index in [2.05, 4.69) is 5.43 Å². The lowest BCUT2D eigenvalue weighted by atomic mass is 9.95. The molecular formula is C16H13ClN2O2S. The number of hydrogen-bond acceptors (Lipinski definition) is 4. The maximum Gasteiger partial charge on any atom is 0.297 e. The summed E-state index contributed by atoms with van der Waals surface area (Å²) in [7, 11) is 0. The van der Waals surface area contributed by atoms with E-state index in [1.807, 2.05) is 30.3 Å². The minimum Gasteiger partial charge on any atom is -0.448 e. The molecule has 0 bridgehead atoms. The van der Waals surface area contributed by atoms with Gasteiger partial charge in [0.05, 0.1) is 5.69 Å². The van der Waals surface area contributed by atoms with E-state index in [1.165, 1.54) is 5.01 Å². The van der Waals surface area contributed by atoms with Crippen LogP contribution in [-0.2, 0) is 15.1 Å². The van der Waals surface area contributed by atoms with E-state index in [0.717, 1.165) is 5.69 Å². The lowest BCUT2D eigenvalue weighted by Gasteiger charge is -2.21. The van der Waals surface area contributed by atoms with E-state index >= 15 is 0 Å². The number of halogens is 1. The van der Waals surface area contributed by atoms with Gasteiger partial charge in [0.2, 0.25) is 5.60 Å². The number of anilines is 1. The molecule has 0 aliphatic carbocycles. The summed E-state index contributed by atoms with van der Waals surface area (Å²) in [6.07, 6.45) is 0. The molecule has 0 spiro atoms. The Kier molecular flexibility index (Phi) is 3.76. The monoisotopic (exact) mass is 332 g/mol.